The molecule has 3 atom stereocenters. The number of hydrogen-bond acceptors (Lipinski definition) is 3. The maximum Gasteiger partial charge on any atom is 0.237 e. The highest BCUT2D eigenvalue weighted by Gasteiger charge is 2.36. The highest BCUT2D eigenvalue weighted by atomic mass is 19.1. The number of amides is 2. The maximum absolute atomic E-state index is 13.1. The fraction of sp³-hybridized carbons (Fsp3) is 0.500. The fourth-order valence-corrected chi connectivity index (χ4v) is 3.24. The molecule has 0 spiro atoms. The van der Waals surface area contributed by atoms with E-state index in [9.17, 15) is 14.0 Å². The van der Waals surface area contributed by atoms with Crippen molar-refractivity contribution in [2.45, 2.75) is 50.2 Å². The smallest absolute Gasteiger partial charge is 0.237 e. The van der Waals surface area contributed by atoms with E-state index in [2.05, 4.69) is 16.0 Å². The number of carbonyl (C=O) groups excluding carboxylic acids is 2. The van der Waals surface area contributed by atoms with Crippen molar-refractivity contribution >= 4 is 17.5 Å². The summed E-state index contributed by atoms with van der Waals surface area (Å²) in [5.41, 5.74) is 0.400. The number of benzene rings is 1. The van der Waals surface area contributed by atoms with Crippen molar-refractivity contribution in [1.29, 1.82) is 0 Å². The van der Waals surface area contributed by atoms with Crippen molar-refractivity contribution in [3.8, 4) is 0 Å². The van der Waals surface area contributed by atoms with Crippen LogP contribution < -0.4 is 16.0 Å². The number of halogens is 1. The van der Waals surface area contributed by atoms with E-state index in [1.807, 2.05) is 0 Å². The number of piperazine rings is 1. The molecule has 1 saturated carbocycles. The van der Waals surface area contributed by atoms with Gasteiger partial charge in [0.15, 0.2) is 0 Å². The van der Waals surface area contributed by atoms with Crippen LogP contribution in [0.5, 0.6) is 0 Å². The van der Waals surface area contributed by atoms with Gasteiger partial charge in [-0.3, -0.25) is 9.59 Å². The molecular formula is C16H20FN3O2. The minimum atomic E-state index is -0.520. The molecule has 1 heterocycles. The summed E-state index contributed by atoms with van der Waals surface area (Å²) in [4.78, 5) is 24.1. The van der Waals surface area contributed by atoms with Crippen molar-refractivity contribution in [1.82, 2.24) is 10.6 Å². The molecule has 1 aliphatic carbocycles. The highest BCUT2D eigenvalue weighted by Crippen LogP contribution is 2.22. The van der Waals surface area contributed by atoms with Crippen LogP contribution in [0.2, 0.25) is 0 Å². The van der Waals surface area contributed by atoms with E-state index < -0.39 is 11.9 Å². The molecule has 1 aromatic carbocycles. The van der Waals surface area contributed by atoms with Gasteiger partial charge >= 0.3 is 0 Å². The van der Waals surface area contributed by atoms with Crippen LogP contribution in [0.1, 0.15) is 32.1 Å². The Morgan fingerprint density at radius 2 is 2.05 bits per heavy atom. The predicted molar refractivity (Wildman–Crippen MR) is 80.8 cm³/mol. The minimum absolute atomic E-state index is 0.0472. The molecule has 2 aliphatic rings. The van der Waals surface area contributed by atoms with E-state index >= 15 is 0 Å². The van der Waals surface area contributed by atoms with E-state index in [0.717, 1.165) is 25.7 Å². The first-order chi connectivity index (χ1) is 10.6. The zero-order valence-electron chi connectivity index (χ0n) is 12.3. The van der Waals surface area contributed by atoms with Crippen molar-refractivity contribution in [3.63, 3.8) is 0 Å². The molecule has 2 amide bonds. The molecule has 22 heavy (non-hydrogen) atoms. The van der Waals surface area contributed by atoms with Gasteiger partial charge in [-0.2, -0.15) is 0 Å². The molecule has 6 heteroatoms. The number of fused-ring (bicyclic) bond motifs is 1. The summed E-state index contributed by atoms with van der Waals surface area (Å²) in [5, 5.41) is 8.92. The standard InChI is InChI=1S/C16H20FN3O2/c17-10-4-3-5-11(8-10)18-15(21)9-14-16(22)20-13-7-2-1-6-12(13)19-14/h3-5,8,12-14,19H,1-2,6-7,9H2,(H,18,21)(H,20,22)/t12-,13-,14+/m0/s1. The lowest BCUT2D eigenvalue weighted by molar-refractivity contribution is -0.129. The summed E-state index contributed by atoms with van der Waals surface area (Å²) in [6.07, 6.45) is 4.34. The summed E-state index contributed by atoms with van der Waals surface area (Å²) in [5.74, 6) is -0.832. The van der Waals surface area contributed by atoms with Crippen LogP contribution in [0.25, 0.3) is 0 Å². The second kappa shape index (κ2) is 6.44. The lowest BCUT2D eigenvalue weighted by Crippen LogP contribution is -2.65. The van der Waals surface area contributed by atoms with Crippen LogP contribution in [0.4, 0.5) is 10.1 Å². The largest absolute Gasteiger partial charge is 0.350 e. The third-order valence-corrected chi connectivity index (χ3v) is 4.32. The number of carbonyl (C=O) groups is 2. The van der Waals surface area contributed by atoms with Crippen molar-refractivity contribution in [2.75, 3.05) is 5.32 Å². The molecule has 1 saturated heterocycles. The molecule has 3 N–H and O–H groups in total. The molecule has 3 rings (SSSR count). The predicted octanol–water partition coefficient (Wildman–Crippen LogP) is 1.55. The van der Waals surface area contributed by atoms with E-state index in [1.54, 1.807) is 6.07 Å². The Morgan fingerprint density at radius 3 is 2.82 bits per heavy atom. The monoisotopic (exact) mass is 305 g/mol. The molecule has 2 fully saturated rings. The third-order valence-electron chi connectivity index (χ3n) is 4.32. The number of anilines is 1. The Balaban J connectivity index is 1.57. The van der Waals surface area contributed by atoms with Gasteiger partial charge in [0.05, 0.1) is 12.5 Å². The molecule has 5 nitrogen and oxygen atoms in total. The zero-order chi connectivity index (χ0) is 15.5. The molecule has 0 unspecified atom stereocenters. The molecular weight excluding hydrogens is 285 g/mol. The molecule has 1 aromatic rings. The van der Waals surface area contributed by atoms with E-state index in [-0.39, 0.29) is 30.3 Å². The average molecular weight is 305 g/mol. The second-order valence-electron chi connectivity index (χ2n) is 5.99. The van der Waals surface area contributed by atoms with Gasteiger partial charge in [-0.05, 0) is 31.0 Å². The Bertz CT molecular complexity index is 578. The van der Waals surface area contributed by atoms with Crippen LogP contribution >= 0.6 is 0 Å². The SMILES string of the molecule is O=C(C[C@H]1N[C@H]2CCCC[C@@H]2NC1=O)Nc1cccc(F)c1. The first-order valence-electron chi connectivity index (χ1n) is 7.73. The minimum Gasteiger partial charge on any atom is -0.350 e. The first kappa shape index (κ1) is 15.0. The van der Waals surface area contributed by atoms with E-state index in [4.69, 9.17) is 0 Å². The van der Waals surface area contributed by atoms with Gasteiger partial charge in [0.1, 0.15) is 5.82 Å². The maximum atomic E-state index is 13.1. The van der Waals surface area contributed by atoms with Gasteiger partial charge in [0.2, 0.25) is 11.8 Å². The van der Waals surface area contributed by atoms with Crippen molar-refractivity contribution < 1.29 is 14.0 Å². The zero-order valence-corrected chi connectivity index (χ0v) is 12.3. The topological polar surface area (TPSA) is 70.2 Å². The highest BCUT2D eigenvalue weighted by molar-refractivity contribution is 5.95. The van der Waals surface area contributed by atoms with Crippen LogP contribution in [-0.2, 0) is 9.59 Å². The van der Waals surface area contributed by atoms with Crippen LogP contribution in [0.15, 0.2) is 24.3 Å². The normalized spacial score (nSPS) is 27.7. The third kappa shape index (κ3) is 3.44. The van der Waals surface area contributed by atoms with Crippen LogP contribution in [0.3, 0.4) is 0 Å². The van der Waals surface area contributed by atoms with Gasteiger partial charge in [0.25, 0.3) is 0 Å². The second-order valence-corrected chi connectivity index (χ2v) is 5.99. The quantitative estimate of drug-likeness (QED) is 0.793. The summed E-state index contributed by atoms with van der Waals surface area (Å²) in [6, 6.07) is 5.63. The van der Waals surface area contributed by atoms with Gasteiger partial charge in [0, 0.05) is 17.8 Å². The Labute approximate surface area is 128 Å². The molecule has 0 bridgehead atoms. The molecule has 0 radical (unpaired) electrons. The number of nitrogens with one attached hydrogen (secondary N) is 3. The van der Waals surface area contributed by atoms with Crippen LogP contribution in [0, 0.1) is 5.82 Å². The molecule has 1 aliphatic heterocycles. The van der Waals surface area contributed by atoms with Gasteiger partial charge in [-0.25, -0.2) is 4.39 Å². The van der Waals surface area contributed by atoms with E-state index in [0.29, 0.717) is 5.69 Å². The van der Waals surface area contributed by atoms with Gasteiger partial charge in [-0.15, -0.1) is 0 Å². The van der Waals surface area contributed by atoms with Gasteiger partial charge in [-0.1, -0.05) is 18.9 Å². The molecule has 118 valence electrons. The number of hydrogen-bond donors (Lipinski definition) is 3. The summed E-state index contributed by atoms with van der Waals surface area (Å²) >= 11 is 0. The summed E-state index contributed by atoms with van der Waals surface area (Å²) in [7, 11) is 0. The Morgan fingerprint density at radius 1 is 1.27 bits per heavy atom. The van der Waals surface area contributed by atoms with Gasteiger partial charge < -0.3 is 16.0 Å². The number of rotatable bonds is 3. The average Bonchev–Trinajstić information content (AvgIpc) is 2.48. The Kier molecular flexibility index (Phi) is 4.38. The lowest BCUT2D eigenvalue weighted by atomic mass is 9.87. The Hall–Kier alpha value is -1.95. The fourth-order valence-electron chi connectivity index (χ4n) is 3.24. The lowest BCUT2D eigenvalue weighted by Gasteiger charge is -2.40. The van der Waals surface area contributed by atoms with Crippen LogP contribution in [-0.4, -0.2) is 29.9 Å². The first-order valence-corrected chi connectivity index (χ1v) is 7.73. The van der Waals surface area contributed by atoms with E-state index in [1.165, 1.54) is 18.2 Å². The summed E-state index contributed by atoms with van der Waals surface area (Å²) < 4.78 is 13.1. The molecule has 0 aromatic heterocycles. The van der Waals surface area contributed by atoms with Crippen molar-refractivity contribution in [3.05, 3.63) is 30.1 Å². The summed E-state index contributed by atoms with van der Waals surface area (Å²) in [6.45, 7) is 0. The van der Waals surface area contributed by atoms with Crippen molar-refractivity contribution in [2.24, 2.45) is 0 Å².